The molecule has 0 bridgehead atoms. The van der Waals surface area contributed by atoms with Crippen LogP contribution < -0.4 is 0 Å². The highest BCUT2D eigenvalue weighted by Crippen LogP contribution is 2.23. The number of aryl methyl sites for hydroxylation is 1. The molecule has 3 rings (SSSR count). The average molecular weight is 306 g/mol. The summed E-state index contributed by atoms with van der Waals surface area (Å²) >= 11 is 0. The molecule has 6 nitrogen and oxygen atoms in total. The molecule has 0 radical (unpaired) electrons. The number of hydrogen-bond acceptors (Lipinski definition) is 5. The highest BCUT2D eigenvalue weighted by atomic mass is 15.3. The smallest absolute Gasteiger partial charge is 0.150 e. The molecule has 1 atom stereocenters. The number of hydrogen-bond donors (Lipinski definition) is 1. The molecular formula is C16H30N6. The highest BCUT2D eigenvalue weighted by Gasteiger charge is 2.31. The van der Waals surface area contributed by atoms with E-state index in [9.17, 15) is 0 Å². The van der Waals surface area contributed by atoms with Crippen molar-refractivity contribution in [3.8, 4) is 0 Å². The van der Waals surface area contributed by atoms with Crippen LogP contribution in [0.4, 0.5) is 0 Å². The lowest BCUT2D eigenvalue weighted by Crippen LogP contribution is -2.44. The van der Waals surface area contributed by atoms with Gasteiger partial charge in [-0.1, -0.05) is 6.92 Å². The summed E-state index contributed by atoms with van der Waals surface area (Å²) in [6.07, 6.45) is 4.83. The lowest BCUT2D eigenvalue weighted by molar-refractivity contribution is 0.131. The van der Waals surface area contributed by atoms with Crippen molar-refractivity contribution in [2.24, 2.45) is 0 Å². The molecule has 0 aliphatic carbocycles. The molecule has 0 amide bonds. The van der Waals surface area contributed by atoms with Crippen molar-refractivity contribution in [3.63, 3.8) is 0 Å². The third-order valence-corrected chi connectivity index (χ3v) is 5.32. The molecule has 1 N–H and O–H groups in total. The Morgan fingerprint density at radius 2 is 2.00 bits per heavy atom. The van der Waals surface area contributed by atoms with Crippen LogP contribution in [-0.4, -0.2) is 82.2 Å². The molecule has 2 aliphatic heterocycles. The van der Waals surface area contributed by atoms with Crippen molar-refractivity contribution < 1.29 is 0 Å². The lowest BCUT2D eigenvalue weighted by Gasteiger charge is -2.35. The molecule has 2 fully saturated rings. The number of likely N-dealkylation sites (N-methyl/N-ethyl adjacent to an activating group) is 1. The van der Waals surface area contributed by atoms with E-state index in [4.69, 9.17) is 0 Å². The van der Waals surface area contributed by atoms with Crippen molar-refractivity contribution in [1.82, 2.24) is 29.9 Å². The van der Waals surface area contributed by atoms with Gasteiger partial charge in [0.2, 0.25) is 0 Å². The summed E-state index contributed by atoms with van der Waals surface area (Å²) in [7, 11) is 4.45. The van der Waals surface area contributed by atoms with Gasteiger partial charge in [0.15, 0.2) is 0 Å². The van der Waals surface area contributed by atoms with Crippen LogP contribution in [0.1, 0.15) is 37.8 Å². The Balaban J connectivity index is 1.49. The maximum Gasteiger partial charge on any atom is 0.150 e. The summed E-state index contributed by atoms with van der Waals surface area (Å²) in [4.78, 5) is 12.1. The van der Waals surface area contributed by atoms with E-state index in [-0.39, 0.29) is 0 Å². The molecule has 1 aromatic rings. The van der Waals surface area contributed by atoms with E-state index in [1.807, 2.05) is 0 Å². The highest BCUT2D eigenvalue weighted by molar-refractivity contribution is 4.93. The first-order chi connectivity index (χ1) is 10.7. The predicted molar refractivity (Wildman–Crippen MR) is 87.7 cm³/mol. The molecule has 1 unspecified atom stereocenters. The van der Waals surface area contributed by atoms with Crippen LogP contribution in [-0.2, 0) is 13.0 Å². The quantitative estimate of drug-likeness (QED) is 0.878. The molecule has 22 heavy (non-hydrogen) atoms. The van der Waals surface area contributed by atoms with Crippen molar-refractivity contribution in [1.29, 1.82) is 0 Å². The van der Waals surface area contributed by atoms with Crippen LogP contribution in [0.5, 0.6) is 0 Å². The molecule has 2 saturated heterocycles. The van der Waals surface area contributed by atoms with Crippen LogP contribution in [0, 0.1) is 0 Å². The molecule has 1 aromatic heterocycles. The number of H-pyrrole nitrogens is 1. The fraction of sp³-hybridized carbons (Fsp3) is 0.875. The number of rotatable bonds is 5. The number of likely N-dealkylation sites (tertiary alicyclic amines) is 2. The maximum atomic E-state index is 4.53. The molecule has 0 saturated carbocycles. The Labute approximate surface area is 133 Å². The van der Waals surface area contributed by atoms with Gasteiger partial charge in [0.1, 0.15) is 11.6 Å². The Hall–Kier alpha value is -0.980. The normalized spacial score (nSPS) is 25.4. The van der Waals surface area contributed by atoms with Crippen LogP contribution >= 0.6 is 0 Å². The number of nitrogens with zero attached hydrogens (tertiary/aromatic N) is 5. The second kappa shape index (κ2) is 7.06. The largest absolute Gasteiger partial charge is 0.306 e. The van der Waals surface area contributed by atoms with Crippen molar-refractivity contribution in [3.05, 3.63) is 11.6 Å². The summed E-state index contributed by atoms with van der Waals surface area (Å²) in [5.74, 6) is 1.92. The zero-order chi connectivity index (χ0) is 15.5. The van der Waals surface area contributed by atoms with Crippen LogP contribution in [0.3, 0.4) is 0 Å². The van der Waals surface area contributed by atoms with Gasteiger partial charge in [-0.2, -0.15) is 5.10 Å². The van der Waals surface area contributed by atoms with Crippen molar-refractivity contribution >= 4 is 0 Å². The first-order valence-electron chi connectivity index (χ1n) is 8.68. The molecule has 3 heterocycles. The molecule has 0 aromatic carbocycles. The zero-order valence-corrected chi connectivity index (χ0v) is 14.3. The third-order valence-electron chi connectivity index (χ3n) is 5.32. The van der Waals surface area contributed by atoms with Gasteiger partial charge in [0.25, 0.3) is 0 Å². The maximum absolute atomic E-state index is 4.53. The topological polar surface area (TPSA) is 51.3 Å². The minimum absolute atomic E-state index is 0.648. The first-order valence-corrected chi connectivity index (χ1v) is 8.68. The van der Waals surface area contributed by atoms with Gasteiger partial charge in [-0.15, -0.1) is 0 Å². The first kappa shape index (κ1) is 15.9. The van der Waals surface area contributed by atoms with Crippen LogP contribution in [0.25, 0.3) is 0 Å². The number of piperidine rings is 1. The van der Waals surface area contributed by atoms with Gasteiger partial charge in [0, 0.05) is 31.6 Å². The van der Waals surface area contributed by atoms with E-state index in [2.05, 4.69) is 50.9 Å². The van der Waals surface area contributed by atoms with E-state index in [0.717, 1.165) is 30.7 Å². The number of aromatic nitrogens is 3. The van der Waals surface area contributed by atoms with Crippen LogP contribution in [0.15, 0.2) is 0 Å². The molecular weight excluding hydrogens is 276 g/mol. The fourth-order valence-corrected chi connectivity index (χ4v) is 3.75. The summed E-state index contributed by atoms with van der Waals surface area (Å²) in [5, 5.41) is 7.30. The van der Waals surface area contributed by atoms with Gasteiger partial charge in [-0.05, 0) is 46.4 Å². The molecule has 6 heteroatoms. The third kappa shape index (κ3) is 3.67. The van der Waals surface area contributed by atoms with Gasteiger partial charge >= 0.3 is 0 Å². The fourth-order valence-electron chi connectivity index (χ4n) is 3.75. The van der Waals surface area contributed by atoms with E-state index in [0.29, 0.717) is 6.04 Å². The summed E-state index contributed by atoms with van der Waals surface area (Å²) in [6.45, 7) is 7.92. The summed E-state index contributed by atoms with van der Waals surface area (Å²) in [6, 6.07) is 1.45. The van der Waals surface area contributed by atoms with Gasteiger partial charge in [-0.3, -0.25) is 14.9 Å². The summed E-state index contributed by atoms with van der Waals surface area (Å²) in [5.41, 5.74) is 0. The SMILES string of the molecule is CCc1n[nH]c(CN(C)C2CCN(C3CCN(C)CC3)C2)n1. The van der Waals surface area contributed by atoms with Crippen molar-refractivity contribution in [2.45, 2.75) is 51.2 Å². The second-order valence-electron chi connectivity index (χ2n) is 6.94. The van der Waals surface area contributed by atoms with E-state index >= 15 is 0 Å². The number of nitrogens with one attached hydrogen (secondary N) is 1. The predicted octanol–water partition coefficient (Wildman–Crippen LogP) is 0.967. The lowest BCUT2D eigenvalue weighted by atomic mass is 10.0. The Morgan fingerprint density at radius 3 is 2.68 bits per heavy atom. The van der Waals surface area contributed by atoms with Crippen molar-refractivity contribution in [2.75, 3.05) is 40.3 Å². The Morgan fingerprint density at radius 1 is 1.23 bits per heavy atom. The van der Waals surface area contributed by atoms with E-state index < -0.39 is 0 Å². The van der Waals surface area contributed by atoms with Gasteiger partial charge < -0.3 is 4.90 Å². The number of aromatic amines is 1. The minimum Gasteiger partial charge on any atom is -0.306 e. The Kier molecular flexibility index (Phi) is 5.10. The van der Waals surface area contributed by atoms with E-state index in [1.165, 1.54) is 45.4 Å². The molecule has 124 valence electrons. The van der Waals surface area contributed by atoms with Gasteiger partial charge in [0.05, 0.1) is 6.54 Å². The Bertz CT molecular complexity index is 465. The zero-order valence-electron chi connectivity index (χ0n) is 14.3. The molecule has 2 aliphatic rings. The summed E-state index contributed by atoms with van der Waals surface area (Å²) < 4.78 is 0. The average Bonchev–Trinajstić information content (AvgIpc) is 3.17. The standard InChI is InChI=1S/C16H30N6/c1-4-15-17-16(19-18-15)12-21(3)14-7-10-22(11-14)13-5-8-20(2)9-6-13/h13-14H,4-12H2,1-3H3,(H,17,18,19). The van der Waals surface area contributed by atoms with Crippen LogP contribution in [0.2, 0.25) is 0 Å². The monoisotopic (exact) mass is 306 g/mol. The second-order valence-corrected chi connectivity index (χ2v) is 6.94. The molecule has 0 spiro atoms. The van der Waals surface area contributed by atoms with Gasteiger partial charge in [-0.25, -0.2) is 4.98 Å². The van der Waals surface area contributed by atoms with E-state index in [1.54, 1.807) is 0 Å². The minimum atomic E-state index is 0.648.